The molecule has 0 saturated carbocycles. The van der Waals surface area contributed by atoms with Crippen LogP contribution in [0, 0.1) is 0 Å². The van der Waals surface area contributed by atoms with Crippen LogP contribution in [0.25, 0.3) is 6.08 Å². The van der Waals surface area contributed by atoms with E-state index in [-0.39, 0.29) is 5.78 Å². The number of rotatable bonds is 4. The molecule has 0 aliphatic rings. The number of hydrogen-bond donors (Lipinski definition) is 1. The van der Waals surface area contributed by atoms with Crippen LogP contribution >= 0.6 is 0 Å². The fraction of sp³-hybridized carbons (Fsp3) is 0.231. The molecular weight excluding hydrogens is 218 g/mol. The molecule has 1 aromatic rings. The van der Waals surface area contributed by atoms with Crippen LogP contribution in [-0.2, 0) is 9.53 Å². The molecule has 90 valence electrons. The Morgan fingerprint density at radius 1 is 1.41 bits per heavy atom. The number of Topliss-reactive ketones (excluding diaryl/α,β-unsaturated/α-hetero) is 1. The van der Waals surface area contributed by atoms with Gasteiger partial charge in [-0.05, 0) is 37.6 Å². The lowest BCUT2D eigenvalue weighted by atomic mass is 10.1. The fourth-order valence-corrected chi connectivity index (χ4v) is 1.36. The van der Waals surface area contributed by atoms with Crippen molar-refractivity contribution in [2.75, 3.05) is 12.3 Å². The average molecular weight is 233 g/mol. The number of carbonyl (C=O) groups excluding carboxylic acids is 2. The number of benzene rings is 1. The second kappa shape index (κ2) is 5.84. The van der Waals surface area contributed by atoms with Gasteiger partial charge in [-0.15, -0.1) is 0 Å². The Labute approximate surface area is 100 Å². The highest BCUT2D eigenvalue weighted by atomic mass is 16.5. The van der Waals surface area contributed by atoms with Crippen molar-refractivity contribution in [1.29, 1.82) is 0 Å². The van der Waals surface area contributed by atoms with Gasteiger partial charge in [-0.2, -0.15) is 0 Å². The van der Waals surface area contributed by atoms with Gasteiger partial charge in [0.05, 0.1) is 6.61 Å². The highest BCUT2D eigenvalue weighted by Gasteiger charge is 2.04. The van der Waals surface area contributed by atoms with Crippen LogP contribution in [0.3, 0.4) is 0 Å². The van der Waals surface area contributed by atoms with Crippen molar-refractivity contribution >= 4 is 23.5 Å². The molecule has 0 saturated heterocycles. The molecule has 17 heavy (non-hydrogen) atoms. The van der Waals surface area contributed by atoms with Gasteiger partial charge in [-0.3, -0.25) is 4.79 Å². The summed E-state index contributed by atoms with van der Waals surface area (Å²) >= 11 is 0. The van der Waals surface area contributed by atoms with E-state index < -0.39 is 5.97 Å². The summed E-state index contributed by atoms with van der Waals surface area (Å²) in [5.41, 5.74) is 7.36. The third kappa shape index (κ3) is 3.75. The highest BCUT2D eigenvalue weighted by molar-refractivity contribution is 5.99. The normalized spacial score (nSPS) is 10.5. The fourth-order valence-electron chi connectivity index (χ4n) is 1.36. The SMILES string of the molecule is CCOC(=O)C=Cc1ccc(C(C)=O)c(N)c1. The van der Waals surface area contributed by atoms with Crippen LogP contribution in [0.15, 0.2) is 24.3 Å². The number of ketones is 1. The van der Waals surface area contributed by atoms with Crippen LogP contribution < -0.4 is 5.73 Å². The summed E-state index contributed by atoms with van der Waals surface area (Å²) in [6.45, 7) is 3.54. The van der Waals surface area contributed by atoms with Crippen molar-refractivity contribution in [2.24, 2.45) is 0 Å². The summed E-state index contributed by atoms with van der Waals surface area (Å²) in [6.07, 6.45) is 2.92. The number of ether oxygens (including phenoxy) is 1. The molecule has 0 fully saturated rings. The monoisotopic (exact) mass is 233 g/mol. The van der Waals surface area contributed by atoms with E-state index in [9.17, 15) is 9.59 Å². The summed E-state index contributed by atoms with van der Waals surface area (Å²) in [5.74, 6) is -0.481. The lowest BCUT2D eigenvalue weighted by Gasteiger charge is -2.02. The highest BCUT2D eigenvalue weighted by Crippen LogP contribution is 2.15. The average Bonchev–Trinajstić information content (AvgIpc) is 2.26. The van der Waals surface area contributed by atoms with Gasteiger partial charge < -0.3 is 10.5 Å². The van der Waals surface area contributed by atoms with Crippen LogP contribution in [0.4, 0.5) is 5.69 Å². The zero-order valence-electron chi connectivity index (χ0n) is 9.90. The van der Waals surface area contributed by atoms with E-state index in [4.69, 9.17) is 10.5 Å². The minimum Gasteiger partial charge on any atom is -0.463 e. The van der Waals surface area contributed by atoms with E-state index in [0.29, 0.717) is 17.9 Å². The minimum absolute atomic E-state index is 0.0802. The first-order valence-electron chi connectivity index (χ1n) is 5.30. The van der Waals surface area contributed by atoms with Gasteiger partial charge in [0, 0.05) is 17.3 Å². The molecular formula is C13H15NO3. The lowest BCUT2D eigenvalue weighted by molar-refractivity contribution is -0.137. The standard InChI is InChI=1S/C13H15NO3/c1-3-17-13(16)7-5-10-4-6-11(9(2)15)12(14)8-10/h4-8H,3,14H2,1-2H3. The van der Waals surface area contributed by atoms with Crippen molar-refractivity contribution in [1.82, 2.24) is 0 Å². The number of carbonyl (C=O) groups is 2. The number of nitrogen functional groups attached to an aromatic ring is 1. The van der Waals surface area contributed by atoms with E-state index in [2.05, 4.69) is 0 Å². The molecule has 0 aromatic heterocycles. The Balaban J connectivity index is 2.84. The molecule has 4 nitrogen and oxygen atoms in total. The van der Waals surface area contributed by atoms with Crippen LogP contribution in [0.1, 0.15) is 29.8 Å². The lowest BCUT2D eigenvalue weighted by Crippen LogP contribution is -2.00. The zero-order chi connectivity index (χ0) is 12.8. The molecule has 0 atom stereocenters. The Bertz CT molecular complexity index is 464. The maximum atomic E-state index is 11.2. The first-order chi connectivity index (χ1) is 8.04. The molecule has 1 aromatic carbocycles. The van der Waals surface area contributed by atoms with Gasteiger partial charge in [-0.1, -0.05) is 6.07 Å². The van der Waals surface area contributed by atoms with Crippen LogP contribution in [0.2, 0.25) is 0 Å². The third-order valence-electron chi connectivity index (χ3n) is 2.15. The molecule has 0 aliphatic carbocycles. The van der Waals surface area contributed by atoms with E-state index >= 15 is 0 Å². The Kier molecular flexibility index (Phi) is 4.46. The molecule has 0 unspecified atom stereocenters. The van der Waals surface area contributed by atoms with Gasteiger partial charge in [0.2, 0.25) is 0 Å². The third-order valence-corrected chi connectivity index (χ3v) is 2.15. The van der Waals surface area contributed by atoms with Crippen LogP contribution in [0.5, 0.6) is 0 Å². The molecule has 2 N–H and O–H groups in total. The van der Waals surface area contributed by atoms with E-state index in [0.717, 1.165) is 5.56 Å². The molecule has 0 spiro atoms. The molecule has 1 rings (SSSR count). The summed E-state index contributed by atoms with van der Waals surface area (Å²) in [6, 6.07) is 5.01. The molecule has 0 heterocycles. The number of esters is 1. The molecule has 0 radical (unpaired) electrons. The Morgan fingerprint density at radius 2 is 2.12 bits per heavy atom. The second-order valence-electron chi connectivity index (χ2n) is 3.49. The minimum atomic E-state index is -0.401. The Hall–Kier alpha value is -2.10. The second-order valence-corrected chi connectivity index (χ2v) is 3.49. The van der Waals surface area contributed by atoms with Crippen molar-refractivity contribution in [3.63, 3.8) is 0 Å². The maximum absolute atomic E-state index is 11.2. The largest absolute Gasteiger partial charge is 0.463 e. The Morgan fingerprint density at radius 3 is 2.65 bits per heavy atom. The number of hydrogen-bond acceptors (Lipinski definition) is 4. The predicted octanol–water partition coefficient (Wildman–Crippen LogP) is 2.05. The van der Waals surface area contributed by atoms with Crippen molar-refractivity contribution in [2.45, 2.75) is 13.8 Å². The van der Waals surface area contributed by atoms with Crippen molar-refractivity contribution in [3.8, 4) is 0 Å². The van der Waals surface area contributed by atoms with Crippen molar-refractivity contribution < 1.29 is 14.3 Å². The van der Waals surface area contributed by atoms with Gasteiger partial charge in [0.25, 0.3) is 0 Å². The quantitative estimate of drug-likeness (QED) is 0.374. The summed E-state index contributed by atoms with van der Waals surface area (Å²) in [5, 5.41) is 0. The van der Waals surface area contributed by atoms with Crippen molar-refractivity contribution in [3.05, 3.63) is 35.4 Å². The maximum Gasteiger partial charge on any atom is 0.330 e. The number of anilines is 1. The van der Waals surface area contributed by atoms with Gasteiger partial charge in [-0.25, -0.2) is 4.79 Å². The summed E-state index contributed by atoms with van der Waals surface area (Å²) in [7, 11) is 0. The zero-order valence-corrected chi connectivity index (χ0v) is 9.90. The first-order valence-corrected chi connectivity index (χ1v) is 5.30. The van der Waals surface area contributed by atoms with E-state index in [1.165, 1.54) is 13.0 Å². The van der Waals surface area contributed by atoms with Crippen LogP contribution in [-0.4, -0.2) is 18.4 Å². The first kappa shape index (κ1) is 13.0. The van der Waals surface area contributed by atoms with Gasteiger partial charge >= 0.3 is 5.97 Å². The molecule has 4 heteroatoms. The molecule has 0 bridgehead atoms. The van der Waals surface area contributed by atoms with E-state index in [1.807, 2.05) is 0 Å². The molecule has 0 aliphatic heterocycles. The molecule has 0 amide bonds. The number of nitrogens with two attached hydrogens (primary N) is 1. The van der Waals surface area contributed by atoms with E-state index in [1.54, 1.807) is 31.2 Å². The van der Waals surface area contributed by atoms with Gasteiger partial charge in [0.1, 0.15) is 0 Å². The summed E-state index contributed by atoms with van der Waals surface area (Å²) in [4.78, 5) is 22.2. The summed E-state index contributed by atoms with van der Waals surface area (Å²) < 4.78 is 4.74. The smallest absolute Gasteiger partial charge is 0.330 e. The van der Waals surface area contributed by atoms with Gasteiger partial charge in [0.15, 0.2) is 5.78 Å². The predicted molar refractivity (Wildman–Crippen MR) is 66.5 cm³/mol. The topological polar surface area (TPSA) is 69.4 Å².